The van der Waals surface area contributed by atoms with E-state index >= 15 is 0 Å². The minimum absolute atomic E-state index is 0.0376. The van der Waals surface area contributed by atoms with Gasteiger partial charge in [-0.05, 0) is 37.3 Å². The second kappa shape index (κ2) is 8.96. The minimum atomic E-state index is -0.714. The molecule has 0 aliphatic carbocycles. The summed E-state index contributed by atoms with van der Waals surface area (Å²) in [6.45, 7) is 0.512. The third-order valence-electron chi connectivity index (χ3n) is 3.95. The second-order valence-corrected chi connectivity index (χ2v) is 5.98. The van der Waals surface area contributed by atoms with Crippen LogP contribution in [0.25, 0.3) is 0 Å². The second-order valence-electron chi connectivity index (χ2n) is 5.98. The van der Waals surface area contributed by atoms with Crippen molar-refractivity contribution in [3.05, 3.63) is 42.0 Å². The zero-order valence-corrected chi connectivity index (χ0v) is 15.9. The lowest BCUT2D eigenvalue weighted by Gasteiger charge is -2.11. The molecule has 0 aromatic heterocycles. The molecule has 1 amide bonds. The van der Waals surface area contributed by atoms with Gasteiger partial charge in [0.1, 0.15) is 11.5 Å². The zero-order chi connectivity index (χ0) is 20.8. The van der Waals surface area contributed by atoms with Crippen molar-refractivity contribution in [3.8, 4) is 23.0 Å². The van der Waals surface area contributed by atoms with E-state index in [1.165, 1.54) is 19.1 Å². The molecule has 29 heavy (non-hydrogen) atoms. The van der Waals surface area contributed by atoms with E-state index in [2.05, 4.69) is 5.32 Å². The molecular weight excluding hydrogens is 382 g/mol. The topological polar surface area (TPSA) is 109 Å². The predicted octanol–water partition coefficient (Wildman–Crippen LogP) is 2.19. The van der Waals surface area contributed by atoms with Gasteiger partial charge in [0.15, 0.2) is 30.5 Å². The number of carbonyl (C=O) groups excluding carboxylic acids is 3. The lowest BCUT2D eigenvalue weighted by atomic mass is 10.1. The summed E-state index contributed by atoms with van der Waals surface area (Å²) in [5.41, 5.74) is 0.508. The Labute approximate surface area is 166 Å². The Bertz CT molecular complexity index is 923. The molecule has 0 unspecified atom stereocenters. The van der Waals surface area contributed by atoms with Crippen LogP contribution in [0.4, 0.5) is 5.69 Å². The van der Waals surface area contributed by atoms with Crippen molar-refractivity contribution in [1.82, 2.24) is 0 Å². The van der Waals surface area contributed by atoms with Crippen LogP contribution in [0.1, 0.15) is 17.3 Å². The first kappa shape index (κ1) is 20.0. The number of esters is 1. The maximum Gasteiger partial charge on any atom is 0.344 e. The Kier molecular flexibility index (Phi) is 6.18. The van der Waals surface area contributed by atoms with Gasteiger partial charge in [-0.25, -0.2) is 4.79 Å². The van der Waals surface area contributed by atoms with E-state index in [0.29, 0.717) is 23.0 Å². The molecule has 2 aromatic rings. The molecule has 0 saturated heterocycles. The van der Waals surface area contributed by atoms with Crippen molar-refractivity contribution in [1.29, 1.82) is 0 Å². The monoisotopic (exact) mass is 401 g/mol. The summed E-state index contributed by atoms with van der Waals surface area (Å²) < 4.78 is 25.7. The summed E-state index contributed by atoms with van der Waals surface area (Å²) in [5, 5.41) is 2.54. The van der Waals surface area contributed by atoms with Crippen LogP contribution in [-0.4, -0.2) is 44.8 Å². The van der Waals surface area contributed by atoms with Gasteiger partial charge in [-0.2, -0.15) is 0 Å². The average Bonchev–Trinajstić information content (AvgIpc) is 3.17. The van der Waals surface area contributed by atoms with Crippen LogP contribution in [-0.2, 0) is 14.3 Å². The third-order valence-corrected chi connectivity index (χ3v) is 3.95. The summed E-state index contributed by atoms with van der Waals surface area (Å²) in [4.78, 5) is 35.7. The van der Waals surface area contributed by atoms with E-state index < -0.39 is 18.5 Å². The molecule has 0 atom stereocenters. The molecule has 0 fully saturated rings. The number of Topliss-reactive ketones (excluding diaryl/α,β-unsaturated/α-hetero) is 1. The minimum Gasteiger partial charge on any atom is -0.497 e. The third kappa shape index (κ3) is 5.16. The van der Waals surface area contributed by atoms with Crippen LogP contribution in [0.5, 0.6) is 23.0 Å². The first-order valence-corrected chi connectivity index (χ1v) is 8.63. The zero-order valence-electron chi connectivity index (χ0n) is 15.9. The number of amides is 1. The van der Waals surface area contributed by atoms with E-state index in [1.807, 2.05) is 0 Å². The number of rotatable bonds is 8. The van der Waals surface area contributed by atoms with Gasteiger partial charge in [-0.1, -0.05) is 0 Å². The van der Waals surface area contributed by atoms with Crippen molar-refractivity contribution in [2.75, 3.05) is 32.4 Å². The molecule has 0 saturated carbocycles. The number of hydrogen-bond acceptors (Lipinski definition) is 8. The van der Waals surface area contributed by atoms with Gasteiger partial charge in [-0.3, -0.25) is 9.59 Å². The molecule has 3 rings (SSSR count). The van der Waals surface area contributed by atoms with Gasteiger partial charge >= 0.3 is 5.97 Å². The van der Waals surface area contributed by atoms with Crippen molar-refractivity contribution in [3.63, 3.8) is 0 Å². The van der Waals surface area contributed by atoms with Crippen molar-refractivity contribution >= 4 is 23.3 Å². The predicted molar refractivity (Wildman–Crippen MR) is 101 cm³/mol. The lowest BCUT2D eigenvalue weighted by Crippen LogP contribution is -2.24. The van der Waals surface area contributed by atoms with E-state index in [0.717, 1.165) is 0 Å². The van der Waals surface area contributed by atoms with Gasteiger partial charge in [0.2, 0.25) is 6.79 Å². The summed E-state index contributed by atoms with van der Waals surface area (Å²) in [6.07, 6.45) is 0. The highest BCUT2D eigenvalue weighted by atomic mass is 16.7. The largest absolute Gasteiger partial charge is 0.497 e. The summed E-state index contributed by atoms with van der Waals surface area (Å²) in [7, 11) is 1.54. The van der Waals surface area contributed by atoms with Crippen LogP contribution < -0.4 is 24.3 Å². The molecule has 9 heteroatoms. The van der Waals surface area contributed by atoms with Gasteiger partial charge in [0, 0.05) is 11.6 Å². The first-order chi connectivity index (χ1) is 14.0. The smallest absolute Gasteiger partial charge is 0.344 e. The maximum atomic E-state index is 12.1. The highest BCUT2D eigenvalue weighted by Crippen LogP contribution is 2.37. The first-order valence-electron chi connectivity index (χ1n) is 8.63. The normalized spacial score (nSPS) is 11.5. The highest BCUT2D eigenvalue weighted by Gasteiger charge is 2.20. The van der Waals surface area contributed by atoms with Crippen molar-refractivity contribution in [2.24, 2.45) is 0 Å². The number of anilines is 1. The average molecular weight is 401 g/mol. The Balaban J connectivity index is 1.50. The standard InChI is InChI=1S/C20H19NO8/c1-12(22)15-7-17-18(29-11-28-17)8-16(15)21-19(23)9-27-20(24)10-26-14-5-3-13(25-2)4-6-14/h3-8H,9-11H2,1-2H3,(H,21,23). The number of ketones is 1. The van der Waals surface area contributed by atoms with Gasteiger partial charge in [0.25, 0.3) is 5.91 Å². The number of methoxy groups -OCH3 is 1. The molecular formula is C20H19NO8. The number of hydrogen-bond donors (Lipinski definition) is 1. The number of fused-ring (bicyclic) bond motifs is 1. The van der Waals surface area contributed by atoms with Crippen molar-refractivity contribution in [2.45, 2.75) is 6.92 Å². The summed E-state index contributed by atoms with van der Waals surface area (Å²) in [6, 6.07) is 9.64. The van der Waals surface area contributed by atoms with E-state index in [1.54, 1.807) is 31.4 Å². The van der Waals surface area contributed by atoms with Crippen LogP contribution in [0, 0.1) is 0 Å². The molecule has 2 aromatic carbocycles. The van der Waals surface area contributed by atoms with Crippen molar-refractivity contribution < 1.29 is 38.1 Å². The van der Waals surface area contributed by atoms with Crippen LogP contribution >= 0.6 is 0 Å². The number of benzene rings is 2. The molecule has 1 aliphatic heterocycles. The Hall–Kier alpha value is -3.75. The number of ether oxygens (including phenoxy) is 5. The van der Waals surface area contributed by atoms with Crippen LogP contribution in [0.3, 0.4) is 0 Å². The molecule has 0 radical (unpaired) electrons. The van der Waals surface area contributed by atoms with Gasteiger partial charge in [-0.15, -0.1) is 0 Å². The fourth-order valence-electron chi connectivity index (χ4n) is 2.52. The van der Waals surface area contributed by atoms with Gasteiger partial charge < -0.3 is 29.0 Å². The SMILES string of the molecule is COc1ccc(OCC(=O)OCC(=O)Nc2cc3c(cc2C(C)=O)OCO3)cc1. The molecule has 1 N–H and O–H groups in total. The van der Waals surface area contributed by atoms with Gasteiger partial charge in [0.05, 0.1) is 12.8 Å². The Morgan fingerprint density at radius 2 is 1.66 bits per heavy atom. The fourth-order valence-corrected chi connectivity index (χ4v) is 2.52. The van der Waals surface area contributed by atoms with Crippen LogP contribution in [0.2, 0.25) is 0 Å². The molecule has 0 bridgehead atoms. The molecule has 1 heterocycles. The lowest BCUT2D eigenvalue weighted by molar-refractivity contribution is -0.149. The quantitative estimate of drug-likeness (QED) is 0.530. The Morgan fingerprint density at radius 3 is 2.31 bits per heavy atom. The molecule has 152 valence electrons. The summed E-state index contributed by atoms with van der Waals surface area (Å²) in [5.74, 6) is 0.371. The maximum absolute atomic E-state index is 12.1. The number of nitrogens with one attached hydrogen (secondary N) is 1. The van der Waals surface area contributed by atoms with E-state index in [4.69, 9.17) is 23.7 Å². The number of carbonyl (C=O) groups is 3. The molecule has 1 aliphatic rings. The van der Waals surface area contributed by atoms with E-state index in [-0.39, 0.29) is 30.4 Å². The fraction of sp³-hybridized carbons (Fsp3) is 0.250. The summed E-state index contributed by atoms with van der Waals surface area (Å²) >= 11 is 0. The Morgan fingerprint density at radius 1 is 1.00 bits per heavy atom. The van der Waals surface area contributed by atoms with E-state index in [9.17, 15) is 14.4 Å². The molecule has 9 nitrogen and oxygen atoms in total. The van der Waals surface area contributed by atoms with Crippen LogP contribution in [0.15, 0.2) is 36.4 Å². The molecule has 0 spiro atoms. The highest BCUT2D eigenvalue weighted by molar-refractivity contribution is 6.05.